The fourth-order valence-electron chi connectivity index (χ4n) is 3.38. The maximum Gasteiger partial charge on any atom is 0.414 e. The molecule has 0 N–H and O–H groups in total. The number of hydrogen-bond acceptors (Lipinski definition) is 5. The van der Waals surface area contributed by atoms with Crippen LogP contribution >= 0.6 is 0 Å². The fraction of sp³-hybridized carbons (Fsp3) is 0.400. The zero-order valence-electron chi connectivity index (χ0n) is 19.4. The van der Waals surface area contributed by atoms with E-state index in [1.165, 1.54) is 9.80 Å². The van der Waals surface area contributed by atoms with Gasteiger partial charge in [0.1, 0.15) is 18.8 Å². The molecule has 1 fully saturated rings. The summed E-state index contributed by atoms with van der Waals surface area (Å²) in [7, 11) is 0. The Bertz CT molecular complexity index is 944. The number of carbonyl (C=O) groups is 3. The zero-order valence-corrected chi connectivity index (χ0v) is 19.4. The van der Waals surface area contributed by atoms with Crippen molar-refractivity contribution < 1.29 is 23.9 Å². The first-order chi connectivity index (χ1) is 15.7. The highest BCUT2D eigenvalue weighted by molar-refractivity contribution is 5.88. The molecule has 2 aromatic carbocycles. The quantitative estimate of drug-likeness (QED) is 0.663. The summed E-state index contributed by atoms with van der Waals surface area (Å²) >= 11 is 0. The van der Waals surface area contributed by atoms with E-state index in [1.54, 1.807) is 25.7 Å². The van der Waals surface area contributed by atoms with Crippen LogP contribution in [0.25, 0.3) is 0 Å². The minimum absolute atomic E-state index is 0.0430. The first kappa shape index (κ1) is 24.1. The Labute approximate surface area is 194 Å². The molecule has 33 heavy (non-hydrogen) atoms. The molecule has 0 aliphatic carbocycles. The Morgan fingerprint density at radius 2 is 1.61 bits per heavy atom. The van der Waals surface area contributed by atoms with E-state index in [2.05, 4.69) is 0 Å². The van der Waals surface area contributed by atoms with Gasteiger partial charge in [-0.2, -0.15) is 0 Å². The van der Waals surface area contributed by atoms with Crippen LogP contribution in [0.3, 0.4) is 0 Å². The van der Waals surface area contributed by atoms with Gasteiger partial charge in [0.25, 0.3) is 0 Å². The molecule has 2 aromatic rings. The average Bonchev–Trinajstić information content (AvgIpc) is 2.79. The van der Waals surface area contributed by atoms with Crippen molar-refractivity contribution in [3.63, 3.8) is 0 Å². The van der Waals surface area contributed by atoms with Crippen molar-refractivity contribution in [1.82, 2.24) is 9.80 Å². The molecule has 1 saturated heterocycles. The predicted molar refractivity (Wildman–Crippen MR) is 125 cm³/mol. The van der Waals surface area contributed by atoms with Crippen molar-refractivity contribution in [2.24, 2.45) is 0 Å². The molecular weight excluding hydrogens is 422 g/mol. The van der Waals surface area contributed by atoms with Crippen molar-refractivity contribution in [2.75, 3.05) is 37.6 Å². The van der Waals surface area contributed by atoms with Crippen LogP contribution in [0, 0.1) is 0 Å². The van der Waals surface area contributed by atoms with Gasteiger partial charge >= 0.3 is 12.2 Å². The monoisotopic (exact) mass is 453 g/mol. The summed E-state index contributed by atoms with van der Waals surface area (Å²) in [5.41, 5.74) is 0.968. The number of benzene rings is 2. The van der Waals surface area contributed by atoms with E-state index < -0.39 is 17.8 Å². The lowest BCUT2D eigenvalue weighted by molar-refractivity contribution is -0.135. The van der Waals surface area contributed by atoms with Gasteiger partial charge in [-0.25, -0.2) is 9.59 Å². The molecule has 3 amide bonds. The summed E-state index contributed by atoms with van der Waals surface area (Å²) < 4.78 is 10.9. The van der Waals surface area contributed by atoms with Crippen molar-refractivity contribution in [2.45, 2.75) is 33.0 Å². The van der Waals surface area contributed by atoms with Gasteiger partial charge < -0.3 is 14.4 Å². The van der Waals surface area contributed by atoms with E-state index in [0.29, 0.717) is 25.3 Å². The maximum atomic E-state index is 12.9. The number of nitrogens with zero attached hydrogens (tertiary/aromatic N) is 3. The summed E-state index contributed by atoms with van der Waals surface area (Å²) in [6.07, 6.45) is -0.976. The van der Waals surface area contributed by atoms with Crippen molar-refractivity contribution >= 4 is 23.8 Å². The van der Waals surface area contributed by atoms with Crippen molar-refractivity contribution in [1.29, 1.82) is 0 Å². The van der Waals surface area contributed by atoms with Gasteiger partial charge in [0.2, 0.25) is 5.91 Å². The second kappa shape index (κ2) is 10.8. The number of anilines is 1. The fourth-order valence-corrected chi connectivity index (χ4v) is 3.38. The van der Waals surface area contributed by atoms with Crippen LogP contribution in [-0.4, -0.2) is 66.2 Å². The van der Waals surface area contributed by atoms with Crippen LogP contribution in [0.15, 0.2) is 60.7 Å². The molecule has 0 saturated carbocycles. The molecule has 176 valence electrons. The van der Waals surface area contributed by atoms with Gasteiger partial charge in [0.05, 0.1) is 0 Å². The molecule has 1 aliphatic rings. The third-order valence-corrected chi connectivity index (χ3v) is 5.06. The minimum Gasteiger partial charge on any atom is -0.444 e. The van der Waals surface area contributed by atoms with Crippen LogP contribution in [0.4, 0.5) is 15.3 Å². The van der Waals surface area contributed by atoms with Crippen molar-refractivity contribution in [3.8, 4) is 0 Å². The molecule has 3 rings (SSSR count). The number of ether oxygens (including phenoxy) is 2. The number of rotatable bonds is 6. The molecule has 0 spiro atoms. The molecule has 8 heteroatoms. The van der Waals surface area contributed by atoms with Crippen LogP contribution in [-0.2, 0) is 20.9 Å². The minimum atomic E-state index is -0.617. The molecule has 0 atom stereocenters. The first-order valence-electron chi connectivity index (χ1n) is 11.0. The SMILES string of the molecule is CC(C)(C)OC(=O)N1CCN(CCN(C(=O)OCc2ccccc2)c2ccccc2)C(=O)C1. The summed E-state index contributed by atoms with van der Waals surface area (Å²) in [5.74, 6) is -0.183. The van der Waals surface area contributed by atoms with Gasteiger partial charge in [-0.15, -0.1) is 0 Å². The van der Waals surface area contributed by atoms with Gasteiger partial charge in [0, 0.05) is 31.9 Å². The van der Waals surface area contributed by atoms with E-state index in [-0.39, 0.29) is 25.6 Å². The number of piperazine rings is 1. The Morgan fingerprint density at radius 3 is 2.21 bits per heavy atom. The Kier molecular flexibility index (Phi) is 7.92. The number of amides is 3. The summed E-state index contributed by atoms with van der Waals surface area (Å²) in [6, 6.07) is 18.7. The Hall–Kier alpha value is -3.55. The first-order valence-corrected chi connectivity index (χ1v) is 11.0. The summed E-state index contributed by atoms with van der Waals surface area (Å²) in [5, 5.41) is 0. The van der Waals surface area contributed by atoms with Gasteiger partial charge in [-0.3, -0.25) is 14.6 Å². The second-order valence-corrected chi connectivity index (χ2v) is 8.81. The summed E-state index contributed by atoms with van der Waals surface area (Å²) in [4.78, 5) is 42.4. The third-order valence-electron chi connectivity index (χ3n) is 5.06. The van der Waals surface area contributed by atoms with Crippen molar-refractivity contribution in [3.05, 3.63) is 66.2 Å². The van der Waals surface area contributed by atoms with Crippen LogP contribution in [0.5, 0.6) is 0 Å². The molecule has 0 unspecified atom stereocenters. The highest BCUT2D eigenvalue weighted by atomic mass is 16.6. The van der Waals surface area contributed by atoms with Crippen LogP contribution < -0.4 is 4.90 Å². The Balaban J connectivity index is 1.59. The largest absolute Gasteiger partial charge is 0.444 e. The van der Waals surface area contributed by atoms with E-state index >= 15 is 0 Å². The average molecular weight is 454 g/mol. The van der Waals surface area contributed by atoms with E-state index in [9.17, 15) is 14.4 Å². The molecule has 1 heterocycles. The smallest absolute Gasteiger partial charge is 0.414 e. The second-order valence-electron chi connectivity index (χ2n) is 8.81. The molecule has 8 nitrogen and oxygen atoms in total. The van der Waals surface area contributed by atoms with E-state index in [4.69, 9.17) is 9.47 Å². The van der Waals surface area contributed by atoms with Gasteiger partial charge in [-0.05, 0) is 38.5 Å². The predicted octanol–water partition coefficient (Wildman–Crippen LogP) is 3.91. The highest BCUT2D eigenvalue weighted by Crippen LogP contribution is 2.17. The highest BCUT2D eigenvalue weighted by Gasteiger charge is 2.30. The van der Waals surface area contributed by atoms with Gasteiger partial charge in [0.15, 0.2) is 0 Å². The number of carbonyl (C=O) groups excluding carboxylic acids is 3. The number of hydrogen-bond donors (Lipinski definition) is 0. The lowest BCUT2D eigenvalue weighted by Crippen LogP contribution is -2.54. The third kappa shape index (κ3) is 7.24. The summed E-state index contributed by atoms with van der Waals surface area (Å²) in [6.45, 7) is 6.85. The number of para-hydroxylation sites is 1. The van der Waals surface area contributed by atoms with E-state index in [1.807, 2.05) is 60.7 Å². The maximum absolute atomic E-state index is 12.9. The molecule has 0 aromatic heterocycles. The Morgan fingerprint density at radius 1 is 0.970 bits per heavy atom. The molecule has 0 bridgehead atoms. The molecular formula is C25H31N3O5. The molecule has 0 radical (unpaired) electrons. The topological polar surface area (TPSA) is 79.4 Å². The van der Waals surface area contributed by atoms with Gasteiger partial charge in [-0.1, -0.05) is 48.5 Å². The standard InChI is InChI=1S/C25H31N3O5/c1-25(2,3)33-23(30)27-15-14-26(22(29)18-27)16-17-28(21-12-8-5-9-13-21)24(31)32-19-20-10-6-4-7-11-20/h4-13H,14-19H2,1-3H3. The lowest BCUT2D eigenvalue weighted by atomic mass is 10.2. The van der Waals surface area contributed by atoms with Crippen LogP contribution in [0.1, 0.15) is 26.3 Å². The normalized spacial score (nSPS) is 14.1. The molecule has 1 aliphatic heterocycles. The lowest BCUT2D eigenvalue weighted by Gasteiger charge is -2.36. The van der Waals surface area contributed by atoms with Crippen LogP contribution in [0.2, 0.25) is 0 Å². The zero-order chi connectivity index (χ0) is 23.8. The van der Waals surface area contributed by atoms with E-state index in [0.717, 1.165) is 5.56 Å².